The van der Waals surface area contributed by atoms with E-state index >= 15 is 0 Å². The van der Waals surface area contributed by atoms with E-state index in [1.165, 1.54) is 7.11 Å². The van der Waals surface area contributed by atoms with Crippen molar-refractivity contribution in [1.29, 1.82) is 0 Å². The Morgan fingerprint density at radius 3 is 2.83 bits per heavy atom. The third-order valence-corrected chi connectivity index (χ3v) is 4.07. The van der Waals surface area contributed by atoms with Crippen molar-refractivity contribution < 1.29 is 13.9 Å². The molecule has 1 heterocycles. The molecule has 0 aromatic heterocycles. The molecule has 4 nitrogen and oxygen atoms in total. The van der Waals surface area contributed by atoms with E-state index < -0.39 is 0 Å². The van der Waals surface area contributed by atoms with Crippen LogP contribution in [-0.4, -0.2) is 19.6 Å². The molecule has 5 heteroatoms. The summed E-state index contributed by atoms with van der Waals surface area (Å²) in [6.07, 6.45) is 0. The van der Waals surface area contributed by atoms with Crippen LogP contribution in [0.25, 0.3) is 0 Å². The summed E-state index contributed by atoms with van der Waals surface area (Å²) in [5, 5.41) is 2.93. The van der Waals surface area contributed by atoms with E-state index in [2.05, 4.69) is 5.32 Å². The molecule has 2 aromatic carbocycles. The van der Waals surface area contributed by atoms with Gasteiger partial charge in [-0.15, -0.1) is 0 Å². The summed E-state index contributed by atoms with van der Waals surface area (Å²) in [5.41, 5.74) is 2.19. The Labute approximate surface area is 134 Å². The lowest BCUT2D eigenvalue weighted by atomic mass is 10.1. The first kappa shape index (κ1) is 15.3. The second-order valence-corrected chi connectivity index (χ2v) is 5.72. The number of nitrogens with zero attached hydrogens (tertiary/aromatic N) is 1. The number of para-hydroxylation sites is 2. The van der Waals surface area contributed by atoms with Crippen LogP contribution in [0.4, 0.5) is 15.8 Å². The average Bonchev–Trinajstić information content (AvgIpc) is 2.67. The van der Waals surface area contributed by atoms with Crippen LogP contribution < -0.4 is 15.0 Å². The minimum absolute atomic E-state index is 0.0222. The minimum atomic E-state index is -0.358. The fourth-order valence-corrected chi connectivity index (χ4v) is 2.81. The Bertz CT molecular complexity index is 733. The summed E-state index contributed by atoms with van der Waals surface area (Å²) >= 11 is 0. The highest BCUT2D eigenvalue weighted by atomic mass is 19.1. The molecule has 1 aliphatic rings. The third kappa shape index (κ3) is 2.99. The zero-order valence-electron chi connectivity index (χ0n) is 13.2. The molecule has 0 bridgehead atoms. The van der Waals surface area contributed by atoms with Gasteiger partial charge >= 0.3 is 0 Å². The zero-order valence-corrected chi connectivity index (χ0v) is 13.2. The summed E-state index contributed by atoms with van der Waals surface area (Å²) in [5.74, 6) is -0.335. The number of amides is 1. The Morgan fingerprint density at radius 2 is 2.04 bits per heavy atom. The van der Waals surface area contributed by atoms with E-state index in [1.807, 2.05) is 36.1 Å². The molecule has 1 atom stereocenters. The molecule has 120 valence electrons. The van der Waals surface area contributed by atoms with Crippen LogP contribution in [0.2, 0.25) is 0 Å². The third-order valence-electron chi connectivity index (χ3n) is 4.07. The number of nitrogens with one attached hydrogen (secondary N) is 1. The van der Waals surface area contributed by atoms with E-state index in [0.717, 1.165) is 11.4 Å². The summed E-state index contributed by atoms with van der Waals surface area (Å²) in [6, 6.07) is 12.7. The van der Waals surface area contributed by atoms with Crippen molar-refractivity contribution in [1.82, 2.24) is 0 Å². The highest BCUT2D eigenvalue weighted by Crippen LogP contribution is 2.32. The molecule has 23 heavy (non-hydrogen) atoms. The Kier molecular flexibility index (Phi) is 4.19. The van der Waals surface area contributed by atoms with Crippen molar-refractivity contribution in [3.63, 3.8) is 0 Å². The summed E-state index contributed by atoms with van der Waals surface area (Å²) in [4.78, 5) is 14.1. The Hall–Kier alpha value is -2.56. The van der Waals surface area contributed by atoms with Gasteiger partial charge in [-0.2, -0.15) is 0 Å². The summed E-state index contributed by atoms with van der Waals surface area (Å²) in [7, 11) is 1.45. The number of ether oxygens (including phenoxy) is 1. The number of rotatable bonds is 3. The van der Waals surface area contributed by atoms with Crippen molar-refractivity contribution >= 4 is 17.3 Å². The maximum absolute atomic E-state index is 14.4. The van der Waals surface area contributed by atoms with Crippen LogP contribution in [0.15, 0.2) is 42.5 Å². The van der Waals surface area contributed by atoms with Crippen molar-refractivity contribution in [2.75, 3.05) is 23.9 Å². The van der Waals surface area contributed by atoms with Gasteiger partial charge in [0.25, 0.3) is 0 Å². The number of hydrogen-bond donors (Lipinski definition) is 1. The lowest BCUT2D eigenvalue weighted by Gasteiger charge is -2.26. The Morgan fingerprint density at radius 1 is 1.26 bits per heavy atom. The molecule has 0 fully saturated rings. The minimum Gasteiger partial charge on any atom is -0.494 e. The maximum atomic E-state index is 14.4. The van der Waals surface area contributed by atoms with E-state index in [-0.39, 0.29) is 23.4 Å². The van der Waals surface area contributed by atoms with Crippen LogP contribution in [-0.2, 0) is 11.3 Å². The molecule has 0 spiro atoms. The van der Waals surface area contributed by atoms with Gasteiger partial charge in [-0.05, 0) is 18.2 Å². The molecule has 0 aliphatic carbocycles. The molecule has 0 radical (unpaired) electrons. The maximum Gasteiger partial charge on any atom is 0.229 e. The highest BCUT2D eigenvalue weighted by Gasteiger charge is 2.25. The van der Waals surface area contributed by atoms with E-state index in [0.29, 0.717) is 18.7 Å². The number of anilines is 2. The molecule has 3 rings (SSSR count). The number of halogens is 1. The molecule has 0 saturated carbocycles. The molecule has 2 aromatic rings. The zero-order chi connectivity index (χ0) is 16.4. The highest BCUT2D eigenvalue weighted by molar-refractivity contribution is 5.97. The van der Waals surface area contributed by atoms with E-state index in [9.17, 15) is 9.18 Å². The monoisotopic (exact) mass is 314 g/mol. The first-order valence-corrected chi connectivity index (χ1v) is 7.56. The lowest BCUT2D eigenvalue weighted by molar-refractivity contribution is -0.119. The van der Waals surface area contributed by atoms with Gasteiger partial charge in [0.1, 0.15) is 0 Å². The molecule has 1 amide bonds. The van der Waals surface area contributed by atoms with Gasteiger partial charge in [-0.25, -0.2) is 4.39 Å². The molecule has 0 saturated heterocycles. The van der Waals surface area contributed by atoms with E-state index in [1.54, 1.807) is 18.2 Å². The van der Waals surface area contributed by atoms with Crippen LogP contribution in [0.5, 0.6) is 5.75 Å². The fraction of sp³-hybridized carbons (Fsp3) is 0.278. The predicted molar refractivity (Wildman–Crippen MR) is 88.2 cm³/mol. The molecule has 1 N–H and O–H groups in total. The largest absolute Gasteiger partial charge is 0.494 e. The van der Waals surface area contributed by atoms with Gasteiger partial charge in [0.2, 0.25) is 5.91 Å². The number of fused-ring (bicyclic) bond motifs is 1. The van der Waals surface area contributed by atoms with Crippen LogP contribution in [0.3, 0.4) is 0 Å². The van der Waals surface area contributed by atoms with Crippen molar-refractivity contribution in [3.05, 3.63) is 53.8 Å². The van der Waals surface area contributed by atoms with Gasteiger partial charge < -0.3 is 15.0 Å². The topological polar surface area (TPSA) is 41.6 Å². The first-order chi connectivity index (χ1) is 11.1. The molecule has 1 aliphatic heterocycles. The Balaban J connectivity index is 1.97. The number of benzene rings is 2. The van der Waals surface area contributed by atoms with Gasteiger partial charge in [0, 0.05) is 18.7 Å². The predicted octanol–water partition coefficient (Wildman–Crippen LogP) is 3.43. The van der Waals surface area contributed by atoms with E-state index in [4.69, 9.17) is 4.74 Å². The van der Waals surface area contributed by atoms with Gasteiger partial charge in [0.15, 0.2) is 11.6 Å². The number of carbonyl (C=O) groups is 1. The average molecular weight is 314 g/mol. The molecule has 1 unspecified atom stereocenters. The number of hydrogen-bond acceptors (Lipinski definition) is 3. The lowest BCUT2D eigenvalue weighted by Crippen LogP contribution is -2.30. The number of methoxy groups -OCH3 is 1. The smallest absolute Gasteiger partial charge is 0.229 e. The fourth-order valence-electron chi connectivity index (χ4n) is 2.81. The second kappa shape index (κ2) is 6.28. The quantitative estimate of drug-likeness (QED) is 0.944. The van der Waals surface area contributed by atoms with Crippen LogP contribution in [0, 0.1) is 11.7 Å². The van der Waals surface area contributed by atoms with Gasteiger partial charge in [-0.1, -0.05) is 31.2 Å². The standard InChI is InChI=1S/C18H19FN2O2/c1-12-10-21(11-13-6-5-9-16(23-2)17(13)19)15-8-4-3-7-14(15)20-18(12)22/h3-9,12H,10-11H2,1-2H3,(H,20,22). The van der Waals surface area contributed by atoms with Crippen molar-refractivity contribution in [3.8, 4) is 5.75 Å². The second-order valence-electron chi connectivity index (χ2n) is 5.72. The normalized spacial score (nSPS) is 17.3. The first-order valence-electron chi connectivity index (χ1n) is 7.56. The SMILES string of the molecule is COc1cccc(CN2CC(C)C(=O)Nc3ccccc32)c1F. The van der Waals surface area contributed by atoms with Crippen LogP contribution in [0.1, 0.15) is 12.5 Å². The van der Waals surface area contributed by atoms with Gasteiger partial charge in [-0.3, -0.25) is 4.79 Å². The van der Waals surface area contributed by atoms with Gasteiger partial charge in [0.05, 0.1) is 24.4 Å². The molecular weight excluding hydrogens is 295 g/mol. The summed E-state index contributed by atoms with van der Waals surface area (Å²) < 4.78 is 19.5. The molecular formula is C18H19FN2O2. The van der Waals surface area contributed by atoms with Crippen molar-refractivity contribution in [2.24, 2.45) is 5.92 Å². The van der Waals surface area contributed by atoms with Crippen LogP contribution >= 0.6 is 0 Å². The van der Waals surface area contributed by atoms with Crippen molar-refractivity contribution in [2.45, 2.75) is 13.5 Å². The summed E-state index contributed by atoms with van der Waals surface area (Å²) in [6.45, 7) is 2.77. The number of carbonyl (C=O) groups excluding carboxylic acids is 1.